The van der Waals surface area contributed by atoms with Crippen molar-refractivity contribution in [2.24, 2.45) is 0 Å². The Bertz CT molecular complexity index is 446. The summed E-state index contributed by atoms with van der Waals surface area (Å²) in [6.45, 7) is 3.85. The third-order valence-electron chi connectivity index (χ3n) is 3.46. The molecule has 0 saturated carbocycles. The highest BCUT2D eigenvalue weighted by Crippen LogP contribution is 2.20. The second kappa shape index (κ2) is 6.74. The molecule has 0 aliphatic carbocycles. The number of halogens is 1. The molecule has 0 N–H and O–H groups in total. The van der Waals surface area contributed by atoms with Gasteiger partial charge in [0.1, 0.15) is 0 Å². The summed E-state index contributed by atoms with van der Waals surface area (Å²) in [4.78, 5) is 23.9. The number of anilines is 1. The maximum Gasteiger partial charge on any atom is 0.409 e. The molecule has 0 spiro atoms. The number of amides is 1. The summed E-state index contributed by atoms with van der Waals surface area (Å²) in [5.41, 5.74) is 0. The summed E-state index contributed by atoms with van der Waals surface area (Å²) in [5.74, 6) is 0.687. The molecule has 2 heterocycles. The van der Waals surface area contributed by atoms with Gasteiger partial charge in [-0.1, -0.05) is 11.6 Å². The predicted molar refractivity (Wildman–Crippen MR) is 77.1 cm³/mol. The molecule has 7 heteroatoms. The van der Waals surface area contributed by atoms with Gasteiger partial charge in [0.25, 0.3) is 0 Å². The van der Waals surface area contributed by atoms with Crippen LogP contribution in [0.15, 0.2) is 12.4 Å². The molecular formula is C13H19ClN4O2. The van der Waals surface area contributed by atoms with E-state index in [0.29, 0.717) is 17.6 Å². The number of rotatable bonds is 3. The fourth-order valence-electron chi connectivity index (χ4n) is 2.30. The van der Waals surface area contributed by atoms with Crippen molar-refractivity contribution in [1.29, 1.82) is 0 Å². The van der Waals surface area contributed by atoms with E-state index >= 15 is 0 Å². The third-order valence-corrected chi connectivity index (χ3v) is 3.65. The number of aromatic nitrogens is 2. The van der Waals surface area contributed by atoms with Gasteiger partial charge in [-0.15, -0.1) is 0 Å². The lowest BCUT2D eigenvalue weighted by molar-refractivity contribution is 0.0961. The van der Waals surface area contributed by atoms with Crippen LogP contribution in [0.4, 0.5) is 10.7 Å². The first kappa shape index (κ1) is 14.8. The molecule has 1 fully saturated rings. The first-order chi connectivity index (χ1) is 9.61. The highest BCUT2D eigenvalue weighted by atomic mass is 35.5. The largest absolute Gasteiger partial charge is 0.450 e. The molecule has 1 aromatic rings. The summed E-state index contributed by atoms with van der Waals surface area (Å²) in [6, 6.07) is 0.206. The van der Waals surface area contributed by atoms with Crippen LogP contribution < -0.4 is 4.90 Å². The smallest absolute Gasteiger partial charge is 0.409 e. The van der Waals surface area contributed by atoms with Gasteiger partial charge in [-0.3, -0.25) is 0 Å². The van der Waals surface area contributed by atoms with Crippen LogP contribution in [0.2, 0.25) is 5.02 Å². The Hall–Kier alpha value is -1.56. The molecule has 1 aromatic heterocycles. The van der Waals surface area contributed by atoms with Gasteiger partial charge >= 0.3 is 6.09 Å². The van der Waals surface area contributed by atoms with Crippen molar-refractivity contribution in [3.63, 3.8) is 0 Å². The average Bonchev–Trinajstić information content (AvgIpc) is 2.48. The van der Waals surface area contributed by atoms with Crippen LogP contribution in [0.3, 0.4) is 0 Å². The minimum Gasteiger partial charge on any atom is -0.450 e. The predicted octanol–water partition coefficient (Wildman–Crippen LogP) is 2.19. The summed E-state index contributed by atoms with van der Waals surface area (Å²) in [7, 11) is 1.79. The molecule has 1 amide bonds. The molecule has 0 radical (unpaired) electrons. The van der Waals surface area contributed by atoms with Gasteiger partial charge in [0.15, 0.2) is 0 Å². The molecule has 1 aliphatic heterocycles. The van der Waals surface area contributed by atoms with Gasteiger partial charge in [-0.2, -0.15) is 0 Å². The maximum atomic E-state index is 11.7. The maximum absolute atomic E-state index is 11.7. The van der Waals surface area contributed by atoms with Gasteiger partial charge in [-0.05, 0) is 19.8 Å². The van der Waals surface area contributed by atoms with E-state index in [-0.39, 0.29) is 12.1 Å². The van der Waals surface area contributed by atoms with Crippen LogP contribution in [0.25, 0.3) is 0 Å². The van der Waals surface area contributed by atoms with E-state index in [1.54, 1.807) is 24.3 Å². The van der Waals surface area contributed by atoms with Gasteiger partial charge in [0, 0.05) is 26.2 Å². The van der Waals surface area contributed by atoms with E-state index in [4.69, 9.17) is 16.3 Å². The van der Waals surface area contributed by atoms with Crippen LogP contribution in [-0.4, -0.2) is 53.7 Å². The van der Waals surface area contributed by atoms with Gasteiger partial charge < -0.3 is 14.5 Å². The number of ether oxygens (including phenoxy) is 1. The zero-order chi connectivity index (χ0) is 14.5. The highest BCUT2D eigenvalue weighted by Gasteiger charge is 2.26. The highest BCUT2D eigenvalue weighted by molar-refractivity contribution is 6.30. The van der Waals surface area contributed by atoms with Crippen LogP contribution in [0, 0.1) is 0 Å². The normalized spacial score (nSPS) is 16.1. The zero-order valence-electron chi connectivity index (χ0n) is 11.8. The number of carbonyl (C=O) groups excluding carboxylic acids is 1. The Morgan fingerprint density at radius 1 is 1.45 bits per heavy atom. The molecule has 110 valence electrons. The summed E-state index contributed by atoms with van der Waals surface area (Å²) in [6.07, 6.45) is 4.69. The van der Waals surface area contributed by atoms with E-state index in [2.05, 4.69) is 14.9 Å². The van der Waals surface area contributed by atoms with Crippen molar-refractivity contribution in [3.8, 4) is 0 Å². The Labute approximate surface area is 123 Å². The van der Waals surface area contributed by atoms with E-state index in [0.717, 1.165) is 25.9 Å². The van der Waals surface area contributed by atoms with Crippen LogP contribution >= 0.6 is 11.6 Å². The molecule has 6 nitrogen and oxygen atoms in total. The number of nitrogens with zero attached hydrogens (tertiary/aromatic N) is 4. The van der Waals surface area contributed by atoms with Gasteiger partial charge in [0.2, 0.25) is 5.95 Å². The van der Waals surface area contributed by atoms with E-state index in [9.17, 15) is 4.79 Å². The van der Waals surface area contributed by atoms with Crippen molar-refractivity contribution in [2.45, 2.75) is 25.8 Å². The van der Waals surface area contributed by atoms with E-state index < -0.39 is 0 Å². The number of piperidine rings is 1. The molecule has 0 aromatic carbocycles. The minimum atomic E-state index is -0.256. The van der Waals surface area contributed by atoms with Crippen molar-refractivity contribution in [1.82, 2.24) is 14.9 Å². The Kier molecular flexibility index (Phi) is 5.00. The SMILES string of the molecule is CCOC(=O)N(C)C1CCN(c2ncc(Cl)cn2)CC1. The number of hydrogen-bond acceptors (Lipinski definition) is 5. The lowest BCUT2D eigenvalue weighted by atomic mass is 10.0. The first-order valence-electron chi connectivity index (χ1n) is 6.74. The number of hydrogen-bond donors (Lipinski definition) is 0. The summed E-state index contributed by atoms with van der Waals surface area (Å²) >= 11 is 5.78. The second-order valence-corrected chi connectivity index (χ2v) is 5.17. The molecule has 0 atom stereocenters. The fraction of sp³-hybridized carbons (Fsp3) is 0.615. The first-order valence-corrected chi connectivity index (χ1v) is 7.11. The Morgan fingerprint density at radius 2 is 2.05 bits per heavy atom. The fourth-order valence-corrected chi connectivity index (χ4v) is 2.39. The monoisotopic (exact) mass is 298 g/mol. The molecule has 0 bridgehead atoms. The lowest BCUT2D eigenvalue weighted by Gasteiger charge is -2.36. The average molecular weight is 299 g/mol. The minimum absolute atomic E-state index is 0.206. The van der Waals surface area contributed by atoms with Crippen molar-refractivity contribution < 1.29 is 9.53 Å². The topological polar surface area (TPSA) is 58.6 Å². The molecule has 2 rings (SSSR count). The molecule has 20 heavy (non-hydrogen) atoms. The van der Waals surface area contributed by atoms with Crippen LogP contribution in [-0.2, 0) is 4.74 Å². The summed E-state index contributed by atoms with van der Waals surface area (Å²) in [5, 5.41) is 0.533. The van der Waals surface area contributed by atoms with E-state index in [1.807, 2.05) is 6.92 Å². The molecule has 1 saturated heterocycles. The second-order valence-electron chi connectivity index (χ2n) is 4.73. The van der Waals surface area contributed by atoms with Gasteiger partial charge in [0.05, 0.1) is 24.0 Å². The van der Waals surface area contributed by atoms with Gasteiger partial charge in [-0.25, -0.2) is 14.8 Å². The quantitative estimate of drug-likeness (QED) is 0.856. The van der Waals surface area contributed by atoms with Crippen molar-refractivity contribution in [2.75, 3.05) is 31.6 Å². The summed E-state index contributed by atoms with van der Waals surface area (Å²) < 4.78 is 5.02. The van der Waals surface area contributed by atoms with Crippen LogP contribution in [0.5, 0.6) is 0 Å². The molecule has 0 unspecified atom stereocenters. The zero-order valence-corrected chi connectivity index (χ0v) is 12.5. The van der Waals surface area contributed by atoms with E-state index in [1.165, 1.54) is 0 Å². The van der Waals surface area contributed by atoms with Crippen LogP contribution in [0.1, 0.15) is 19.8 Å². The molecular weight excluding hydrogens is 280 g/mol. The third kappa shape index (κ3) is 3.50. The lowest BCUT2D eigenvalue weighted by Crippen LogP contribution is -2.46. The Balaban J connectivity index is 1.89. The molecule has 1 aliphatic rings. The van der Waals surface area contributed by atoms with Crippen molar-refractivity contribution in [3.05, 3.63) is 17.4 Å². The Morgan fingerprint density at radius 3 is 2.60 bits per heavy atom. The number of carbonyl (C=O) groups is 1. The standard InChI is InChI=1S/C13H19ClN4O2/c1-3-20-13(19)17(2)11-4-6-18(7-5-11)12-15-8-10(14)9-16-12/h8-9,11H,3-7H2,1-2H3. The van der Waals surface area contributed by atoms with Crippen molar-refractivity contribution >= 4 is 23.6 Å².